The highest BCUT2D eigenvalue weighted by molar-refractivity contribution is 6.07. The zero-order valence-electron chi connectivity index (χ0n) is 16.1. The van der Waals surface area contributed by atoms with Crippen LogP contribution < -0.4 is 10.9 Å². The van der Waals surface area contributed by atoms with Crippen molar-refractivity contribution in [3.63, 3.8) is 0 Å². The fraction of sp³-hybridized carbons (Fsp3) is 0.182. The molecule has 2 N–H and O–H groups in total. The van der Waals surface area contributed by atoms with Crippen LogP contribution in [0.25, 0.3) is 10.9 Å². The van der Waals surface area contributed by atoms with Crippen molar-refractivity contribution in [2.45, 2.75) is 19.8 Å². The van der Waals surface area contributed by atoms with Gasteiger partial charge in [0.25, 0.3) is 11.5 Å². The maximum Gasteiger partial charge on any atom is 0.265 e. The van der Waals surface area contributed by atoms with Crippen LogP contribution >= 0.6 is 0 Å². The third-order valence-corrected chi connectivity index (χ3v) is 4.65. The number of rotatable bonds is 6. The average Bonchev–Trinajstić information content (AvgIpc) is 2.71. The molecule has 0 spiro atoms. The number of benzene rings is 2. The number of aromatic hydroxyl groups is 1. The lowest BCUT2D eigenvalue weighted by Crippen LogP contribution is -2.25. The first-order chi connectivity index (χ1) is 13.8. The minimum Gasteiger partial charge on any atom is -0.506 e. The molecule has 0 bridgehead atoms. The predicted molar refractivity (Wildman–Crippen MR) is 109 cm³/mol. The van der Waals surface area contributed by atoms with Crippen LogP contribution in [0, 0.1) is 0 Å². The minimum atomic E-state index is -0.635. The average molecular weight is 392 g/mol. The van der Waals surface area contributed by atoms with Crippen LogP contribution in [0.1, 0.15) is 40.5 Å². The smallest absolute Gasteiger partial charge is 0.265 e. The van der Waals surface area contributed by atoms with E-state index in [1.807, 2.05) is 0 Å². The fourth-order valence-electron chi connectivity index (χ4n) is 3.07. The second-order valence-corrected chi connectivity index (χ2v) is 6.77. The molecule has 0 aliphatic carbocycles. The molecule has 0 aliphatic heterocycles. The summed E-state index contributed by atoms with van der Waals surface area (Å²) in [7, 11) is 1.49. The van der Waals surface area contributed by atoms with Gasteiger partial charge in [-0.2, -0.15) is 0 Å². The van der Waals surface area contributed by atoms with Gasteiger partial charge in [0.15, 0.2) is 5.78 Å². The fourth-order valence-corrected chi connectivity index (χ4v) is 3.07. The number of carbonyl (C=O) groups excluding carboxylic acids is 3. The molecule has 1 amide bonds. The summed E-state index contributed by atoms with van der Waals surface area (Å²) in [6, 6.07) is 13.3. The summed E-state index contributed by atoms with van der Waals surface area (Å²) in [4.78, 5) is 48.5. The van der Waals surface area contributed by atoms with E-state index < -0.39 is 17.1 Å². The van der Waals surface area contributed by atoms with Crippen molar-refractivity contribution >= 4 is 34.1 Å². The Morgan fingerprint density at radius 2 is 1.72 bits per heavy atom. The molecule has 0 radical (unpaired) electrons. The van der Waals surface area contributed by atoms with Crippen LogP contribution in [0.5, 0.6) is 5.75 Å². The maximum absolute atomic E-state index is 12.6. The molecule has 29 heavy (non-hydrogen) atoms. The molecular formula is C22H20N2O5. The molecule has 0 unspecified atom stereocenters. The van der Waals surface area contributed by atoms with Crippen molar-refractivity contribution in [2.75, 3.05) is 5.32 Å². The number of hydrogen-bond acceptors (Lipinski definition) is 5. The number of ketones is 2. The second kappa shape index (κ2) is 8.10. The van der Waals surface area contributed by atoms with E-state index >= 15 is 0 Å². The molecule has 7 heteroatoms. The Hall–Kier alpha value is -3.74. The van der Waals surface area contributed by atoms with E-state index in [1.54, 1.807) is 42.5 Å². The number of nitrogens with one attached hydrogen (secondary N) is 1. The highest BCUT2D eigenvalue weighted by Gasteiger charge is 2.21. The number of Topliss-reactive ketones (excluding diaryl/α,β-unsaturated/α-hetero) is 2. The van der Waals surface area contributed by atoms with E-state index in [4.69, 9.17) is 0 Å². The Bertz CT molecular complexity index is 1180. The van der Waals surface area contributed by atoms with Crippen molar-refractivity contribution < 1.29 is 19.5 Å². The molecule has 148 valence electrons. The normalized spacial score (nSPS) is 10.7. The van der Waals surface area contributed by atoms with Gasteiger partial charge >= 0.3 is 0 Å². The summed E-state index contributed by atoms with van der Waals surface area (Å²) < 4.78 is 1.26. The lowest BCUT2D eigenvalue weighted by molar-refractivity contribution is -0.117. The van der Waals surface area contributed by atoms with Gasteiger partial charge in [-0.25, -0.2) is 0 Å². The lowest BCUT2D eigenvalue weighted by Gasteiger charge is -2.13. The molecule has 0 aliphatic rings. The van der Waals surface area contributed by atoms with E-state index in [1.165, 1.54) is 24.6 Å². The number of aromatic nitrogens is 1. The Balaban J connectivity index is 2.03. The topological polar surface area (TPSA) is 105 Å². The summed E-state index contributed by atoms with van der Waals surface area (Å²) >= 11 is 0. The van der Waals surface area contributed by atoms with Crippen molar-refractivity contribution in [1.82, 2.24) is 4.57 Å². The first-order valence-corrected chi connectivity index (χ1v) is 9.04. The van der Waals surface area contributed by atoms with Crippen molar-refractivity contribution in [1.29, 1.82) is 0 Å². The largest absolute Gasteiger partial charge is 0.506 e. The van der Waals surface area contributed by atoms with Crippen LogP contribution in [0.3, 0.4) is 0 Å². The molecule has 1 heterocycles. The van der Waals surface area contributed by atoms with Gasteiger partial charge in [-0.05, 0) is 37.3 Å². The predicted octanol–water partition coefficient (Wildman–Crippen LogP) is 3.05. The summed E-state index contributed by atoms with van der Waals surface area (Å²) in [5.41, 5.74) is 0.297. The third-order valence-electron chi connectivity index (χ3n) is 4.65. The SMILES string of the molecule is CC(=O)CCC(=O)c1c(O)c2cc(NC(=O)c3ccccc3)ccc2n(C)c1=O. The number of fused-ring (bicyclic) bond motifs is 1. The first-order valence-electron chi connectivity index (χ1n) is 9.04. The summed E-state index contributed by atoms with van der Waals surface area (Å²) in [6.07, 6.45) is -0.166. The number of anilines is 1. The molecule has 7 nitrogen and oxygen atoms in total. The number of hydrogen-bond donors (Lipinski definition) is 2. The van der Waals surface area contributed by atoms with Crippen LogP contribution in [0.4, 0.5) is 5.69 Å². The van der Waals surface area contributed by atoms with E-state index in [-0.39, 0.29) is 35.5 Å². The number of amides is 1. The Morgan fingerprint density at radius 3 is 2.38 bits per heavy atom. The number of pyridine rings is 1. The molecule has 0 atom stereocenters. The van der Waals surface area contributed by atoms with Crippen molar-refractivity contribution in [3.8, 4) is 5.75 Å². The van der Waals surface area contributed by atoms with Crippen LogP contribution in [-0.2, 0) is 11.8 Å². The van der Waals surface area contributed by atoms with Crippen molar-refractivity contribution in [2.24, 2.45) is 7.05 Å². The van der Waals surface area contributed by atoms with Gasteiger partial charge in [-0.1, -0.05) is 18.2 Å². The van der Waals surface area contributed by atoms with Gasteiger partial charge < -0.3 is 19.8 Å². The molecule has 1 aromatic heterocycles. The van der Waals surface area contributed by atoms with Crippen LogP contribution in [0.15, 0.2) is 53.3 Å². The standard InChI is InChI=1S/C22H20N2O5/c1-13(25)8-11-18(26)19-20(27)16-12-15(9-10-17(16)24(2)22(19)29)23-21(28)14-6-4-3-5-7-14/h3-7,9-10,12,27H,8,11H2,1-2H3,(H,23,28). The first kappa shape index (κ1) is 20.0. The van der Waals surface area contributed by atoms with E-state index in [0.29, 0.717) is 16.8 Å². The van der Waals surface area contributed by atoms with E-state index in [0.717, 1.165) is 0 Å². The Kier molecular flexibility index (Phi) is 5.59. The number of carbonyl (C=O) groups is 3. The van der Waals surface area contributed by atoms with Gasteiger partial charge in [0.1, 0.15) is 17.1 Å². The van der Waals surface area contributed by atoms with Gasteiger partial charge in [0, 0.05) is 36.5 Å². The summed E-state index contributed by atoms with van der Waals surface area (Å²) in [5.74, 6) is -1.56. The Labute approximate surface area is 166 Å². The highest BCUT2D eigenvalue weighted by Crippen LogP contribution is 2.29. The molecule has 3 rings (SSSR count). The van der Waals surface area contributed by atoms with Crippen LogP contribution in [-0.4, -0.2) is 27.1 Å². The monoisotopic (exact) mass is 392 g/mol. The number of aryl methyl sites for hydroxylation is 1. The minimum absolute atomic E-state index is 0.00730. The molecule has 0 saturated heterocycles. The van der Waals surface area contributed by atoms with Gasteiger partial charge in [0.2, 0.25) is 0 Å². The molecule has 2 aromatic carbocycles. The van der Waals surface area contributed by atoms with Gasteiger partial charge in [0.05, 0.1) is 5.52 Å². The molecular weight excluding hydrogens is 372 g/mol. The van der Waals surface area contributed by atoms with E-state index in [2.05, 4.69) is 5.32 Å². The molecule has 0 fully saturated rings. The molecule has 0 saturated carbocycles. The molecule has 3 aromatic rings. The Morgan fingerprint density at radius 1 is 1.03 bits per heavy atom. The van der Waals surface area contributed by atoms with Crippen molar-refractivity contribution in [3.05, 3.63) is 70.0 Å². The summed E-state index contributed by atoms with van der Waals surface area (Å²) in [5, 5.41) is 13.6. The summed E-state index contributed by atoms with van der Waals surface area (Å²) in [6.45, 7) is 1.35. The van der Waals surface area contributed by atoms with E-state index in [9.17, 15) is 24.3 Å². The maximum atomic E-state index is 12.6. The lowest BCUT2D eigenvalue weighted by atomic mass is 10.0. The highest BCUT2D eigenvalue weighted by atomic mass is 16.3. The zero-order valence-corrected chi connectivity index (χ0v) is 16.1. The third kappa shape index (κ3) is 4.08. The van der Waals surface area contributed by atoms with Gasteiger partial charge in [-0.15, -0.1) is 0 Å². The van der Waals surface area contributed by atoms with Crippen LogP contribution in [0.2, 0.25) is 0 Å². The quantitative estimate of drug-likeness (QED) is 0.627. The zero-order chi connectivity index (χ0) is 21.1. The van der Waals surface area contributed by atoms with Gasteiger partial charge in [-0.3, -0.25) is 14.4 Å². The second-order valence-electron chi connectivity index (χ2n) is 6.77. The number of nitrogens with zero attached hydrogens (tertiary/aromatic N) is 1.